The summed E-state index contributed by atoms with van der Waals surface area (Å²) in [5, 5.41) is 2.98. The van der Waals surface area contributed by atoms with E-state index in [1.165, 1.54) is 0 Å². The number of benzene rings is 1. The van der Waals surface area contributed by atoms with Gasteiger partial charge in [-0.25, -0.2) is 0 Å². The van der Waals surface area contributed by atoms with Crippen LogP contribution in [0.1, 0.15) is 25.0 Å². The number of carbonyl (C=O) groups is 1. The van der Waals surface area contributed by atoms with Gasteiger partial charge in [-0.05, 0) is 45.9 Å². The number of amides is 1. The predicted molar refractivity (Wildman–Crippen MR) is 72.3 cm³/mol. The normalized spacial score (nSPS) is 11.0. The van der Waals surface area contributed by atoms with Gasteiger partial charge in [0.2, 0.25) is 5.91 Å². The van der Waals surface area contributed by atoms with Crippen LogP contribution < -0.4 is 5.32 Å². The quantitative estimate of drug-likeness (QED) is 0.868. The number of likely N-dealkylation sites (N-methyl/N-ethyl adjacent to an activating group) is 1. The summed E-state index contributed by atoms with van der Waals surface area (Å²) in [5.41, 5.74) is 3.14. The third-order valence-electron chi connectivity index (χ3n) is 3.02. The summed E-state index contributed by atoms with van der Waals surface area (Å²) in [6.45, 7) is 8.59. The molecule has 0 heterocycles. The van der Waals surface area contributed by atoms with Gasteiger partial charge in [0.25, 0.3) is 0 Å². The molecule has 1 aromatic rings. The van der Waals surface area contributed by atoms with Crippen molar-refractivity contribution < 1.29 is 4.79 Å². The van der Waals surface area contributed by atoms with E-state index < -0.39 is 0 Å². The molecule has 0 aromatic heterocycles. The van der Waals surface area contributed by atoms with Crippen LogP contribution in [0.4, 0.5) is 5.69 Å². The molecule has 0 fully saturated rings. The fraction of sp³-hybridized carbons (Fsp3) is 0.500. The predicted octanol–water partition coefficient (Wildman–Crippen LogP) is 2.58. The molecule has 0 aliphatic carbocycles. The summed E-state index contributed by atoms with van der Waals surface area (Å²) in [5.74, 6) is 0.0404. The van der Waals surface area contributed by atoms with E-state index in [2.05, 4.69) is 19.2 Å². The van der Waals surface area contributed by atoms with Gasteiger partial charge in [-0.15, -0.1) is 0 Å². The van der Waals surface area contributed by atoms with Crippen LogP contribution in [0.2, 0.25) is 0 Å². The number of carbonyl (C=O) groups excluding carboxylic acids is 1. The molecule has 0 aliphatic heterocycles. The smallest absolute Gasteiger partial charge is 0.238 e. The fourth-order valence-electron chi connectivity index (χ4n) is 1.60. The summed E-state index contributed by atoms with van der Waals surface area (Å²) in [4.78, 5) is 13.9. The van der Waals surface area contributed by atoms with Gasteiger partial charge in [-0.3, -0.25) is 9.69 Å². The average molecular weight is 234 g/mol. The highest BCUT2D eigenvalue weighted by molar-refractivity contribution is 5.93. The van der Waals surface area contributed by atoms with Crippen LogP contribution in [0.5, 0.6) is 0 Å². The molecule has 0 radical (unpaired) electrons. The maximum absolute atomic E-state index is 11.9. The van der Waals surface area contributed by atoms with Crippen LogP contribution in [-0.4, -0.2) is 30.4 Å². The molecule has 0 spiro atoms. The van der Waals surface area contributed by atoms with Gasteiger partial charge in [0, 0.05) is 11.7 Å². The summed E-state index contributed by atoms with van der Waals surface area (Å²) in [7, 11) is 1.95. The maximum Gasteiger partial charge on any atom is 0.238 e. The topological polar surface area (TPSA) is 32.3 Å². The number of nitrogens with one attached hydrogen (secondary N) is 1. The first-order valence-electron chi connectivity index (χ1n) is 5.98. The lowest BCUT2D eigenvalue weighted by atomic mass is 10.1. The Morgan fingerprint density at radius 1 is 1.29 bits per heavy atom. The minimum Gasteiger partial charge on any atom is -0.324 e. The lowest BCUT2D eigenvalue weighted by molar-refractivity contribution is -0.117. The van der Waals surface area contributed by atoms with Gasteiger partial charge in [0.15, 0.2) is 0 Å². The number of aryl methyl sites for hydroxylation is 2. The van der Waals surface area contributed by atoms with Crippen LogP contribution in [0.15, 0.2) is 18.2 Å². The van der Waals surface area contributed by atoms with Crippen molar-refractivity contribution in [3.05, 3.63) is 29.3 Å². The van der Waals surface area contributed by atoms with Crippen molar-refractivity contribution in [2.24, 2.45) is 0 Å². The highest BCUT2D eigenvalue weighted by Crippen LogP contribution is 2.19. The number of hydrogen-bond acceptors (Lipinski definition) is 2. The summed E-state index contributed by atoms with van der Waals surface area (Å²) >= 11 is 0. The van der Waals surface area contributed by atoms with Gasteiger partial charge >= 0.3 is 0 Å². The average Bonchev–Trinajstić information content (AvgIpc) is 2.23. The van der Waals surface area contributed by atoms with Crippen LogP contribution >= 0.6 is 0 Å². The highest BCUT2D eigenvalue weighted by atomic mass is 16.2. The largest absolute Gasteiger partial charge is 0.324 e. The molecule has 0 saturated carbocycles. The minimum absolute atomic E-state index is 0.0404. The molecule has 94 valence electrons. The van der Waals surface area contributed by atoms with E-state index in [1.54, 1.807) is 0 Å². The molecule has 0 unspecified atom stereocenters. The zero-order chi connectivity index (χ0) is 13.0. The second kappa shape index (κ2) is 5.82. The van der Waals surface area contributed by atoms with Crippen molar-refractivity contribution in [1.29, 1.82) is 0 Å². The number of nitrogens with zero attached hydrogens (tertiary/aromatic N) is 1. The molecule has 3 nitrogen and oxygen atoms in total. The number of anilines is 1. The number of rotatable bonds is 4. The molecular weight excluding hydrogens is 212 g/mol. The first-order valence-corrected chi connectivity index (χ1v) is 5.98. The molecule has 1 aromatic carbocycles. The Bertz CT molecular complexity index is 379. The Balaban J connectivity index is 2.69. The Hall–Kier alpha value is -1.35. The molecule has 0 atom stereocenters. The Labute approximate surface area is 104 Å². The molecule has 17 heavy (non-hydrogen) atoms. The molecule has 0 bridgehead atoms. The van der Waals surface area contributed by atoms with E-state index in [0.29, 0.717) is 12.6 Å². The summed E-state index contributed by atoms with van der Waals surface area (Å²) < 4.78 is 0. The molecule has 1 amide bonds. The second-order valence-corrected chi connectivity index (χ2v) is 4.82. The summed E-state index contributed by atoms with van der Waals surface area (Å²) in [6, 6.07) is 6.39. The van der Waals surface area contributed by atoms with Crippen molar-refractivity contribution in [3.8, 4) is 0 Å². The van der Waals surface area contributed by atoms with E-state index in [0.717, 1.165) is 16.8 Å². The lowest BCUT2D eigenvalue weighted by Crippen LogP contribution is -2.35. The first-order chi connectivity index (χ1) is 7.91. The van der Waals surface area contributed by atoms with E-state index in [9.17, 15) is 4.79 Å². The first kappa shape index (κ1) is 13.7. The van der Waals surface area contributed by atoms with Gasteiger partial charge in [-0.1, -0.05) is 18.2 Å². The van der Waals surface area contributed by atoms with Crippen molar-refractivity contribution in [2.75, 3.05) is 18.9 Å². The van der Waals surface area contributed by atoms with Crippen LogP contribution in [0.25, 0.3) is 0 Å². The van der Waals surface area contributed by atoms with Gasteiger partial charge < -0.3 is 5.32 Å². The van der Waals surface area contributed by atoms with Crippen LogP contribution in [0, 0.1) is 13.8 Å². The standard InChI is InChI=1S/C14H22N2O/c1-10(2)16(5)9-13(17)15-14-11(3)7-6-8-12(14)4/h6-8,10H,9H2,1-5H3,(H,15,17). The Kier molecular flexibility index (Phi) is 4.70. The van der Waals surface area contributed by atoms with Gasteiger partial charge in [-0.2, -0.15) is 0 Å². The van der Waals surface area contributed by atoms with E-state index >= 15 is 0 Å². The van der Waals surface area contributed by atoms with E-state index in [1.807, 2.05) is 44.0 Å². The SMILES string of the molecule is Cc1cccc(C)c1NC(=O)CN(C)C(C)C. The third kappa shape index (κ3) is 3.86. The zero-order valence-corrected chi connectivity index (χ0v) is 11.4. The fourth-order valence-corrected chi connectivity index (χ4v) is 1.60. The number of para-hydroxylation sites is 1. The Morgan fingerprint density at radius 2 is 1.82 bits per heavy atom. The van der Waals surface area contributed by atoms with Crippen molar-refractivity contribution >= 4 is 11.6 Å². The van der Waals surface area contributed by atoms with Crippen LogP contribution in [-0.2, 0) is 4.79 Å². The molecule has 3 heteroatoms. The van der Waals surface area contributed by atoms with Crippen molar-refractivity contribution in [2.45, 2.75) is 33.7 Å². The van der Waals surface area contributed by atoms with Crippen molar-refractivity contribution in [1.82, 2.24) is 4.90 Å². The number of hydrogen-bond donors (Lipinski definition) is 1. The highest BCUT2D eigenvalue weighted by Gasteiger charge is 2.11. The van der Waals surface area contributed by atoms with Crippen LogP contribution in [0.3, 0.4) is 0 Å². The lowest BCUT2D eigenvalue weighted by Gasteiger charge is -2.21. The third-order valence-corrected chi connectivity index (χ3v) is 3.02. The van der Waals surface area contributed by atoms with E-state index in [4.69, 9.17) is 0 Å². The minimum atomic E-state index is 0.0404. The van der Waals surface area contributed by atoms with E-state index in [-0.39, 0.29) is 5.91 Å². The molecule has 0 saturated heterocycles. The molecule has 0 aliphatic rings. The van der Waals surface area contributed by atoms with Crippen molar-refractivity contribution in [3.63, 3.8) is 0 Å². The van der Waals surface area contributed by atoms with Gasteiger partial charge in [0.1, 0.15) is 0 Å². The molecule has 1 N–H and O–H groups in total. The second-order valence-electron chi connectivity index (χ2n) is 4.82. The monoisotopic (exact) mass is 234 g/mol. The molecular formula is C14H22N2O. The molecule has 1 rings (SSSR count). The maximum atomic E-state index is 11.9. The van der Waals surface area contributed by atoms with Gasteiger partial charge in [0.05, 0.1) is 6.54 Å². The summed E-state index contributed by atoms with van der Waals surface area (Å²) in [6.07, 6.45) is 0. The Morgan fingerprint density at radius 3 is 2.29 bits per heavy atom. The zero-order valence-electron chi connectivity index (χ0n) is 11.4.